The zero-order chi connectivity index (χ0) is 17.2. The van der Waals surface area contributed by atoms with Gasteiger partial charge in [0.15, 0.2) is 0 Å². The van der Waals surface area contributed by atoms with Crippen molar-refractivity contribution in [3.63, 3.8) is 0 Å². The lowest BCUT2D eigenvalue weighted by atomic mass is 10.1. The number of urea groups is 1. The number of carbonyl (C=O) groups excluding carboxylic acids is 1. The van der Waals surface area contributed by atoms with Crippen LogP contribution in [-0.4, -0.2) is 23.2 Å². The van der Waals surface area contributed by atoms with Crippen molar-refractivity contribution in [2.75, 3.05) is 17.6 Å². The first-order valence-corrected chi connectivity index (χ1v) is 9.57. The van der Waals surface area contributed by atoms with E-state index in [9.17, 15) is 4.79 Å². The Bertz CT molecular complexity index is 930. The van der Waals surface area contributed by atoms with Crippen LogP contribution in [0.25, 0.3) is 10.8 Å². The second-order valence-electron chi connectivity index (χ2n) is 5.93. The molecule has 4 rings (SSSR count). The van der Waals surface area contributed by atoms with Gasteiger partial charge in [-0.05, 0) is 29.0 Å². The van der Waals surface area contributed by atoms with Gasteiger partial charge in [0.2, 0.25) is 0 Å². The molecule has 0 spiro atoms. The van der Waals surface area contributed by atoms with E-state index in [4.69, 9.17) is 11.6 Å². The fourth-order valence-electron chi connectivity index (χ4n) is 3.07. The number of fused-ring (bicyclic) bond motifs is 1. The molecule has 1 heterocycles. The minimum atomic E-state index is -0.0924. The molecule has 25 heavy (non-hydrogen) atoms. The average Bonchev–Trinajstić information content (AvgIpc) is 3.11. The average molecular weight is 369 g/mol. The number of halogens is 1. The lowest BCUT2D eigenvalue weighted by molar-refractivity contribution is 0.214. The van der Waals surface area contributed by atoms with Crippen molar-refractivity contribution in [2.24, 2.45) is 0 Å². The predicted octanol–water partition coefficient (Wildman–Crippen LogP) is 5.77. The second kappa shape index (κ2) is 6.98. The van der Waals surface area contributed by atoms with Crippen LogP contribution in [0.15, 0.2) is 66.7 Å². The summed E-state index contributed by atoms with van der Waals surface area (Å²) >= 11 is 8.07. The molecule has 1 aliphatic heterocycles. The Hall–Kier alpha value is -2.17. The Labute approximate surface area is 156 Å². The van der Waals surface area contributed by atoms with Crippen molar-refractivity contribution in [3.8, 4) is 0 Å². The van der Waals surface area contributed by atoms with Crippen LogP contribution in [0, 0.1) is 0 Å². The third-order valence-electron chi connectivity index (χ3n) is 4.32. The fraction of sp³-hybridized carbons (Fsp3) is 0.150. The van der Waals surface area contributed by atoms with Crippen LogP contribution in [0.2, 0.25) is 5.02 Å². The molecule has 1 fully saturated rings. The van der Waals surface area contributed by atoms with Gasteiger partial charge in [-0.3, -0.25) is 0 Å². The third-order valence-corrected chi connectivity index (χ3v) is 5.91. The van der Waals surface area contributed by atoms with Crippen LogP contribution in [0.4, 0.5) is 10.5 Å². The number of thioether (sulfide) groups is 1. The summed E-state index contributed by atoms with van der Waals surface area (Å²) in [4.78, 5) is 14.7. The molecule has 1 saturated heterocycles. The van der Waals surface area contributed by atoms with Gasteiger partial charge in [0, 0.05) is 28.6 Å². The van der Waals surface area contributed by atoms with Crippen LogP contribution in [0.1, 0.15) is 10.9 Å². The molecule has 0 bridgehead atoms. The van der Waals surface area contributed by atoms with Crippen molar-refractivity contribution >= 4 is 45.9 Å². The Morgan fingerprint density at radius 3 is 2.64 bits per heavy atom. The normalized spacial score (nSPS) is 17.0. The molecular weight excluding hydrogens is 352 g/mol. The molecule has 0 aliphatic carbocycles. The monoisotopic (exact) mass is 368 g/mol. The van der Waals surface area contributed by atoms with E-state index in [-0.39, 0.29) is 11.4 Å². The van der Waals surface area contributed by atoms with E-state index in [2.05, 4.69) is 11.4 Å². The van der Waals surface area contributed by atoms with E-state index >= 15 is 0 Å². The Morgan fingerprint density at radius 1 is 1.04 bits per heavy atom. The quantitative estimate of drug-likeness (QED) is 0.622. The summed E-state index contributed by atoms with van der Waals surface area (Å²) in [5, 5.41) is 5.95. The summed E-state index contributed by atoms with van der Waals surface area (Å²) in [5.41, 5.74) is 1.79. The summed E-state index contributed by atoms with van der Waals surface area (Å²) in [6, 6.07) is 21.7. The highest BCUT2D eigenvalue weighted by atomic mass is 35.5. The number of nitrogens with one attached hydrogen (secondary N) is 1. The first kappa shape index (κ1) is 16.3. The van der Waals surface area contributed by atoms with Crippen LogP contribution >= 0.6 is 23.4 Å². The molecule has 1 atom stereocenters. The molecule has 126 valence electrons. The smallest absolute Gasteiger partial charge is 0.308 e. The van der Waals surface area contributed by atoms with Crippen LogP contribution < -0.4 is 5.32 Å². The summed E-state index contributed by atoms with van der Waals surface area (Å²) in [6.07, 6.45) is 0. The maximum atomic E-state index is 12.8. The third kappa shape index (κ3) is 3.32. The number of amides is 2. The first-order chi connectivity index (χ1) is 12.2. The maximum Gasteiger partial charge on any atom is 0.323 e. The molecule has 0 radical (unpaired) electrons. The van der Waals surface area contributed by atoms with Crippen molar-refractivity contribution in [1.29, 1.82) is 0 Å². The Morgan fingerprint density at radius 2 is 1.80 bits per heavy atom. The van der Waals surface area contributed by atoms with Crippen molar-refractivity contribution in [1.82, 2.24) is 4.90 Å². The molecule has 3 nitrogen and oxygen atoms in total. The lowest BCUT2D eigenvalue weighted by Crippen LogP contribution is -2.34. The number of anilines is 1. The molecule has 0 aromatic heterocycles. The highest BCUT2D eigenvalue weighted by Gasteiger charge is 2.31. The highest BCUT2D eigenvalue weighted by molar-refractivity contribution is 7.99. The van der Waals surface area contributed by atoms with Crippen molar-refractivity contribution in [3.05, 3.63) is 77.3 Å². The summed E-state index contributed by atoms with van der Waals surface area (Å²) < 4.78 is 0. The second-order valence-corrected chi connectivity index (χ2v) is 7.53. The minimum Gasteiger partial charge on any atom is -0.308 e. The van der Waals surface area contributed by atoms with Crippen LogP contribution in [0.3, 0.4) is 0 Å². The molecule has 3 aromatic rings. The summed E-state index contributed by atoms with van der Waals surface area (Å²) in [7, 11) is 0. The first-order valence-electron chi connectivity index (χ1n) is 8.15. The van der Waals surface area contributed by atoms with E-state index in [1.54, 1.807) is 11.8 Å². The Balaban J connectivity index is 1.56. The number of nitrogens with zero attached hydrogens (tertiary/aromatic N) is 1. The van der Waals surface area contributed by atoms with E-state index in [0.717, 1.165) is 27.8 Å². The largest absolute Gasteiger partial charge is 0.323 e. The molecule has 5 heteroatoms. The van der Waals surface area contributed by atoms with Gasteiger partial charge >= 0.3 is 6.03 Å². The fourth-order valence-corrected chi connectivity index (χ4v) is 4.67. The molecule has 0 saturated carbocycles. The number of rotatable bonds is 2. The van der Waals surface area contributed by atoms with E-state index in [1.807, 2.05) is 65.6 Å². The maximum absolute atomic E-state index is 12.8. The van der Waals surface area contributed by atoms with Gasteiger partial charge < -0.3 is 10.2 Å². The van der Waals surface area contributed by atoms with Gasteiger partial charge in [0.05, 0.1) is 0 Å². The van der Waals surface area contributed by atoms with Gasteiger partial charge in [-0.15, -0.1) is 11.8 Å². The van der Waals surface area contributed by atoms with E-state index < -0.39 is 0 Å². The lowest BCUT2D eigenvalue weighted by Gasteiger charge is -2.25. The van der Waals surface area contributed by atoms with Gasteiger partial charge in [-0.2, -0.15) is 0 Å². The van der Waals surface area contributed by atoms with E-state index in [1.165, 1.54) is 0 Å². The van der Waals surface area contributed by atoms with Gasteiger partial charge in [0.25, 0.3) is 0 Å². The van der Waals surface area contributed by atoms with Crippen LogP contribution in [0.5, 0.6) is 0 Å². The molecular formula is C20H17ClN2OS. The van der Waals surface area contributed by atoms with Gasteiger partial charge in [0.1, 0.15) is 5.37 Å². The highest BCUT2D eigenvalue weighted by Crippen LogP contribution is 2.41. The summed E-state index contributed by atoms with van der Waals surface area (Å²) in [5.74, 6) is 0.904. The molecule has 1 N–H and O–H groups in total. The predicted molar refractivity (Wildman–Crippen MR) is 106 cm³/mol. The van der Waals surface area contributed by atoms with E-state index in [0.29, 0.717) is 11.6 Å². The molecule has 1 aliphatic rings. The van der Waals surface area contributed by atoms with Crippen molar-refractivity contribution < 1.29 is 4.79 Å². The van der Waals surface area contributed by atoms with Crippen molar-refractivity contribution in [2.45, 2.75) is 5.37 Å². The zero-order valence-corrected chi connectivity index (χ0v) is 15.1. The molecule has 2 amide bonds. The number of carbonyl (C=O) groups is 1. The number of hydrogen-bond acceptors (Lipinski definition) is 2. The zero-order valence-electron chi connectivity index (χ0n) is 13.5. The number of hydrogen-bond donors (Lipinski definition) is 1. The Kier molecular flexibility index (Phi) is 4.55. The number of benzene rings is 3. The standard InChI is InChI=1S/C20H17ClN2OS/c21-18-8-4-3-7-17(18)19-23(11-12-25-19)20(24)22-16-10-9-14-5-1-2-6-15(14)13-16/h1-10,13,19H,11-12H2,(H,22,24). The van der Waals surface area contributed by atoms with Gasteiger partial charge in [-0.1, -0.05) is 60.1 Å². The SMILES string of the molecule is O=C(Nc1ccc2ccccc2c1)N1CCSC1c1ccccc1Cl. The van der Waals surface area contributed by atoms with Gasteiger partial charge in [-0.25, -0.2) is 4.79 Å². The topological polar surface area (TPSA) is 32.3 Å². The summed E-state index contributed by atoms with van der Waals surface area (Å²) in [6.45, 7) is 0.708. The van der Waals surface area contributed by atoms with Crippen LogP contribution in [-0.2, 0) is 0 Å². The molecule has 3 aromatic carbocycles. The molecule has 1 unspecified atom stereocenters. The minimum absolute atomic E-state index is 0.0471.